The van der Waals surface area contributed by atoms with Crippen LogP contribution in [0.15, 0.2) is 90.0 Å². The van der Waals surface area contributed by atoms with Gasteiger partial charge in [-0.3, -0.25) is 24.1 Å². The lowest BCUT2D eigenvalue weighted by atomic mass is 10.1. The van der Waals surface area contributed by atoms with Crippen LogP contribution in [-0.2, 0) is 30.6 Å². The molecule has 0 fully saturated rings. The van der Waals surface area contributed by atoms with Gasteiger partial charge in [0, 0.05) is 34.9 Å². The third-order valence-corrected chi connectivity index (χ3v) is 6.62. The van der Waals surface area contributed by atoms with Crippen LogP contribution in [0, 0.1) is 6.92 Å². The lowest BCUT2D eigenvalue weighted by Gasteiger charge is -2.14. The summed E-state index contributed by atoms with van der Waals surface area (Å²) < 4.78 is 1.60. The van der Waals surface area contributed by atoms with Gasteiger partial charge in [-0.05, 0) is 55.9 Å². The van der Waals surface area contributed by atoms with E-state index >= 15 is 0 Å². The molecule has 1 N–H and O–H groups in total. The Hall–Kier alpha value is -4.32. The molecule has 0 aliphatic carbocycles. The number of rotatable bonds is 10. The van der Waals surface area contributed by atoms with Gasteiger partial charge in [-0.15, -0.1) is 0 Å². The van der Waals surface area contributed by atoms with Crippen molar-refractivity contribution >= 4 is 16.7 Å². The number of carbonyl (C=O) groups excluding carboxylic acids is 1. The van der Waals surface area contributed by atoms with Crippen molar-refractivity contribution in [2.75, 3.05) is 0 Å². The summed E-state index contributed by atoms with van der Waals surface area (Å²) in [7, 11) is 0. The number of fused-ring (bicyclic) bond motifs is 1. The molecule has 0 aliphatic rings. The van der Waals surface area contributed by atoms with Crippen LogP contribution in [0.5, 0.6) is 0 Å². The fraction of sp³-hybridized carbons (Fsp3) is 0.226. The van der Waals surface area contributed by atoms with Crippen molar-refractivity contribution in [3.8, 4) is 11.3 Å². The van der Waals surface area contributed by atoms with Crippen molar-refractivity contribution in [3.63, 3.8) is 0 Å². The first-order chi connectivity index (χ1) is 18.1. The first kappa shape index (κ1) is 24.4. The van der Waals surface area contributed by atoms with Gasteiger partial charge in [-0.25, -0.2) is 0 Å². The number of nitrogens with zero attached hydrogens (tertiary/aromatic N) is 3. The van der Waals surface area contributed by atoms with E-state index in [9.17, 15) is 9.59 Å². The molecular formula is C31H30N4O2. The number of hydrogen-bond acceptors (Lipinski definition) is 4. The van der Waals surface area contributed by atoms with Gasteiger partial charge >= 0.3 is 0 Å². The average Bonchev–Trinajstić information content (AvgIpc) is 3.33. The zero-order chi connectivity index (χ0) is 25.6. The Morgan fingerprint density at radius 2 is 1.65 bits per heavy atom. The number of aromatic amines is 1. The van der Waals surface area contributed by atoms with Gasteiger partial charge in [0.05, 0.1) is 18.4 Å². The molecule has 0 aliphatic heterocycles. The smallest absolute Gasteiger partial charge is 0.273 e. The quantitative estimate of drug-likeness (QED) is 0.281. The average molecular weight is 491 g/mol. The fourth-order valence-electron chi connectivity index (χ4n) is 4.66. The number of Topliss-reactive ketones (excluding diaryl/α,β-unsaturated/α-hetero) is 1. The normalized spacial score (nSPS) is 11.2. The van der Waals surface area contributed by atoms with Gasteiger partial charge in [0.2, 0.25) is 0 Å². The van der Waals surface area contributed by atoms with E-state index in [2.05, 4.69) is 27.1 Å². The SMILES string of the molecule is Cc1cc2[nH]c(CCC(=O)Cn3c(-c4ccccc4)cnc(CCCc4ccccc4)c3=O)cc2cn1. The van der Waals surface area contributed by atoms with Crippen LogP contribution >= 0.6 is 0 Å². The molecular weight excluding hydrogens is 460 g/mol. The maximum atomic E-state index is 13.5. The van der Waals surface area contributed by atoms with Crippen LogP contribution < -0.4 is 5.56 Å². The highest BCUT2D eigenvalue weighted by molar-refractivity contribution is 5.81. The van der Waals surface area contributed by atoms with Gasteiger partial charge in [0.1, 0.15) is 5.69 Å². The number of hydrogen-bond donors (Lipinski definition) is 1. The number of nitrogens with one attached hydrogen (secondary N) is 1. The van der Waals surface area contributed by atoms with E-state index in [1.165, 1.54) is 5.56 Å². The molecule has 0 radical (unpaired) electrons. The van der Waals surface area contributed by atoms with Crippen LogP contribution in [0.1, 0.15) is 35.5 Å². The predicted molar refractivity (Wildman–Crippen MR) is 147 cm³/mol. The molecule has 3 aromatic heterocycles. The monoisotopic (exact) mass is 490 g/mol. The molecule has 0 saturated carbocycles. The van der Waals surface area contributed by atoms with Gasteiger partial charge in [-0.2, -0.15) is 0 Å². The standard InChI is InChI=1S/C31H30N4O2/c1-22-17-29-25(19-32-22)18-26(34-29)15-16-27(36)21-35-30(24-12-6-3-7-13-24)20-33-28(31(35)37)14-8-11-23-9-4-2-5-10-23/h2-7,9-10,12-13,17-20,34H,8,11,14-16,21H2,1H3. The second-order valence-corrected chi connectivity index (χ2v) is 9.43. The van der Waals surface area contributed by atoms with Crippen molar-refractivity contribution in [2.45, 2.75) is 45.6 Å². The largest absolute Gasteiger partial charge is 0.358 e. The highest BCUT2D eigenvalue weighted by Crippen LogP contribution is 2.19. The Balaban J connectivity index is 1.33. The van der Waals surface area contributed by atoms with E-state index < -0.39 is 0 Å². The molecule has 5 aromatic rings. The number of benzene rings is 2. The van der Waals surface area contributed by atoms with Crippen LogP contribution in [0.2, 0.25) is 0 Å². The van der Waals surface area contributed by atoms with Crippen molar-refractivity contribution in [2.24, 2.45) is 0 Å². The van der Waals surface area contributed by atoms with E-state index in [4.69, 9.17) is 0 Å². The highest BCUT2D eigenvalue weighted by Gasteiger charge is 2.15. The van der Waals surface area contributed by atoms with Crippen LogP contribution in [0.25, 0.3) is 22.2 Å². The zero-order valence-corrected chi connectivity index (χ0v) is 21.0. The molecule has 5 rings (SSSR count). The minimum absolute atomic E-state index is 0.00804. The molecule has 0 bridgehead atoms. The number of pyridine rings is 1. The maximum absolute atomic E-state index is 13.5. The highest BCUT2D eigenvalue weighted by atomic mass is 16.1. The summed E-state index contributed by atoms with van der Waals surface area (Å²) in [6, 6.07) is 23.9. The van der Waals surface area contributed by atoms with Gasteiger partial charge in [-0.1, -0.05) is 60.7 Å². The minimum atomic E-state index is -0.185. The van der Waals surface area contributed by atoms with Crippen LogP contribution in [-0.4, -0.2) is 25.3 Å². The lowest BCUT2D eigenvalue weighted by molar-refractivity contribution is -0.119. The molecule has 0 spiro atoms. The summed E-state index contributed by atoms with van der Waals surface area (Å²) in [6.45, 7) is 1.98. The van der Waals surface area contributed by atoms with Crippen molar-refractivity contribution in [3.05, 3.63) is 118 Å². The van der Waals surface area contributed by atoms with Gasteiger partial charge in [0.25, 0.3) is 5.56 Å². The van der Waals surface area contributed by atoms with Gasteiger partial charge in [0.15, 0.2) is 5.78 Å². The summed E-state index contributed by atoms with van der Waals surface area (Å²) in [4.78, 5) is 38.8. The Morgan fingerprint density at radius 3 is 2.43 bits per heavy atom. The van der Waals surface area contributed by atoms with E-state index in [1.54, 1.807) is 10.8 Å². The molecule has 0 unspecified atom stereocenters. The van der Waals surface area contributed by atoms with Crippen LogP contribution in [0.4, 0.5) is 0 Å². The number of H-pyrrole nitrogens is 1. The van der Waals surface area contributed by atoms with E-state index in [1.807, 2.05) is 73.8 Å². The van der Waals surface area contributed by atoms with Crippen molar-refractivity contribution in [1.29, 1.82) is 0 Å². The number of carbonyl (C=O) groups is 1. The summed E-state index contributed by atoms with van der Waals surface area (Å²) in [6.07, 6.45) is 6.76. The summed E-state index contributed by atoms with van der Waals surface area (Å²) in [5.41, 5.74) is 6.04. The molecule has 0 atom stereocenters. The molecule has 3 heterocycles. The zero-order valence-electron chi connectivity index (χ0n) is 21.0. The summed E-state index contributed by atoms with van der Waals surface area (Å²) in [5.74, 6) is 0.00804. The Bertz CT molecular complexity index is 1570. The van der Waals surface area contributed by atoms with E-state index in [-0.39, 0.29) is 17.9 Å². The molecule has 6 nitrogen and oxygen atoms in total. The molecule has 0 amide bonds. The Morgan fingerprint density at radius 1 is 0.892 bits per heavy atom. The maximum Gasteiger partial charge on any atom is 0.273 e. The third kappa shape index (κ3) is 5.92. The molecule has 2 aromatic carbocycles. The Kier molecular flexibility index (Phi) is 7.36. The number of ketones is 1. The molecule has 37 heavy (non-hydrogen) atoms. The third-order valence-electron chi connectivity index (χ3n) is 6.62. The van der Waals surface area contributed by atoms with Crippen molar-refractivity contribution in [1.82, 2.24) is 19.5 Å². The lowest BCUT2D eigenvalue weighted by Crippen LogP contribution is -2.29. The second kappa shape index (κ2) is 11.2. The summed E-state index contributed by atoms with van der Waals surface area (Å²) in [5, 5.41) is 1.03. The minimum Gasteiger partial charge on any atom is -0.358 e. The molecule has 0 saturated heterocycles. The van der Waals surface area contributed by atoms with E-state index in [0.29, 0.717) is 30.7 Å². The van der Waals surface area contributed by atoms with Crippen LogP contribution in [0.3, 0.4) is 0 Å². The topological polar surface area (TPSA) is 80.6 Å². The summed E-state index contributed by atoms with van der Waals surface area (Å²) >= 11 is 0. The number of aromatic nitrogens is 4. The fourth-order valence-corrected chi connectivity index (χ4v) is 4.66. The Labute approximate surface area is 216 Å². The van der Waals surface area contributed by atoms with Gasteiger partial charge < -0.3 is 4.98 Å². The first-order valence-electron chi connectivity index (χ1n) is 12.7. The second-order valence-electron chi connectivity index (χ2n) is 9.43. The number of aryl methyl sites for hydroxylation is 4. The van der Waals surface area contributed by atoms with E-state index in [0.717, 1.165) is 40.7 Å². The predicted octanol–water partition coefficient (Wildman–Crippen LogP) is 5.47. The molecule has 6 heteroatoms. The van der Waals surface area contributed by atoms with Crippen molar-refractivity contribution < 1.29 is 4.79 Å². The molecule has 186 valence electrons. The first-order valence-corrected chi connectivity index (χ1v) is 12.7.